The Balaban J connectivity index is 2.13. The van der Waals surface area contributed by atoms with Crippen molar-refractivity contribution in [2.24, 2.45) is 5.73 Å². The van der Waals surface area contributed by atoms with E-state index in [1.54, 1.807) is 11.0 Å². The van der Waals surface area contributed by atoms with Crippen molar-refractivity contribution in [2.45, 2.75) is 6.04 Å². The number of ether oxygens (including phenoxy) is 1. The van der Waals surface area contributed by atoms with Gasteiger partial charge in [0.2, 0.25) is 5.91 Å². The van der Waals surface area contributed by atoms with Crippen molar-refractivity contribution in [3.63, 3.8) is 0 Å². The number of pyridine rings is 1. The van der Waals surface area contributed by atoms with Crippen molar-refractivity contribution in [2.75, 3.05) is 24.7 Å². The number of nitriles is 1. The molecule has 1 amide bonds. The van der Waals surface area contributed by atoms with Crippen molar-refractivity contribution < 1.29 is 9.53 Å². The molecule has 2 aromatic rings. The first-order valence-corrected chi connectivity index (χ1v) is 6.64. The van der Waals surface area contributed by atoms with E-state index in [1.165, 1.54) is 0 Å². The van der Waals surface area contributed by atoms with E-state index in [1.807, 2.05) is 24.3 Å². The maximum absolute atomic E-state index is 11.6. The van der Waals surface area contributed by atoms with Gasteiger partial charge in [0.25, 0.3) is 0 Å². The van der Waals surface area contributed by atoms with Crippen LogP contribution in [-0.4, -0.2) is 36.7 Å². The Morgan fingerprint density at radius 3 is 3.05 bits per heavy atom. The van der Waals surface area contributed by atoms with Gasteiger partial charge in [-0.05, 0) is 12.1 Å². The van der Waals surface area contributed by atoms with Crippen LogP contribution in [0.15, 0.2) is 30.3 Å². The van der Waals surface area contributed by atoms with E-state index in [0.29, 0.717) is 24.5 Å². The van der Waals surface area contributed by atoms with Gasteiger partial charge in [0, 0.05) is 11.9 Å². The lowest BCUT2D eigenvalue weighted by Crippen LogP contribution is -2.53. The van der Waals surface area contributed by atoms with Gasteiger partial charge < -0.3 is 15.4 Å². The standard InChI is InChI=1S/C15H14N4O2/c16-8-11-7-10-3-1-2-4-12(10)18-15(11)19-5-6-21-9-13(19)14(17)20/h1-4,7,13H,5-6,9H2,(H2,17,20). The predicted octanol–water partition coefficient (Wildman–Crippen LogP) is 0.797. The summed E-state index contributed by atoms with van der Waals surface area (Å²) in [5.41, 5.74) is 6.64. The summed E-state index contributed by atoms with van der Waals surface area (Å²) in [4.78, 5) is 17.9. The second-order valence-electron chi connectivity index (χ2n) is 4.85. The minimum absolute atomic E-state index is 0.217. The molecule has 0 aliphatic carbocycles. The summed E-state index contributed by atoms with van der Waals surface area (Å²) in [6.45, 7) is 1.17. The van der Waals surface area contributed by atoms with Crippen LogP contribution >= 0.6 is 0 Å². The SMILES string of the molecule is N#Cc1cc2ccccc2nc1N1CCOCC1C(N)=O. The number of benzene rings is 1. The van der Waals surface area contributed by atoms with E-state index in [-0.39, 0.29) is 6.61 Å². The average Bonchev–Trinajstić information content (AvgIpc) is 2.53. The van der Waals surface area contributed by atoms with E-state index in [9.17, 15) is 10.1 Å². The summed E-state index contributed by atoms with van der Waals surface area (Å²) in [5, 5.41) is 10.3. The highest BCUT2D eigenvalue weighted by atomic mass is 16.5. The minimum Gasteiger partial charge on any atom is -0.377 e. The molecule has 0 bridgehead atoms. The first kappa shape index (κ1) is 13.3. The summed E-state index contributed by atoms with van der Waals surface area (Å²) >= 11 is 0. The molecule has 2 heterocycles. The molecule has 106 valence electrons. The number of amides is 1. The maximum Gasteiger partial charge on any atom is 0.242 e. The number of morpholine rings is 1. The highest BCUT2D eigenvalue weighted by Crippen LogP contribution is 2.25. The quantitative estimate of drug-likeness (QED) is 0.879. The van der Waals surface area contributed by atoms with Crippen LogP contribution in [0.2, 0.25) is 0 Å². The Morgan fingerprint density at radius 2 is 2.29 bits per heavy atom. The topological polar surface area (TPSA) is 92.2 Å². The molecule has 1 aliphatic rings. The predicted molar refractivity (Wildman–Crippen MR) is 77.6 cm³/mol. The summed E-state index contributed by atoms with van der Waals surface area (Å²) in [5.74, 6) is 0.0110. The number of carbonyl (C=O) groups excluding carboxylic acids is 1. The maximum atomic E-state index is 11.6. The third-order valence-electron chi connectivity index (χ3n) is 3.55. The number of hydrogen-bond acceptors (Lipinski definition) is 5. The van der Waals surface area contributed by atoms with Crippen LogP contribution in [0.3, 0.4) is 0 Å². The van der Waals surface area contributed by atoms with Gasteiger partial charge in [0.05, 0.1) is 24.3 Å². The molecule has 1 atom stereocenters. The molecule has 1 unspecified atom stereocenters. The van der Waals surface area contributed by atoms with E-state index in [2.05, 4.69) is 11.1 Å². The molecular weight excluding hydrogens is 268 g/mol. The average molecular weight is 282 g/mol. The van der Waals surface area contributed by atoms with Crippen LogP contribution in [0, 0.1) is 11.3 Å². The number of hydrogen-bond donors (Lipinski definition) is 1. The fraction of sp³-hybridized carbons (Fsp3) is 0.267. The zero-order valence-electron chi connectivity index (χ0n) is 11.3. The van der Waals surface area contributed by atoms with Gasteiger partial charge in [-0.3, -0.25) is 4.79 Å². The lowest BCUT2D eigenvalue weighted by Gasteiger charge is -2.34. The molecule has 2 N–H and O–H groups in total. The van der Waals surface area contributed by atoms with E-state index in [0.717, 1.165) is 10.9 Å². The highest BCUT2D eigenvalue weighted by molar-refractivity contribution is 5.87. The Kier molecular flexibility index (Phi) is 3.42. The van der Waals surface area contributed by atoms with Crippen molar-refractivity contribution >= 4 is 22.6 Å². The second-order valence-corrected chi connectivity index (χ2v) is 4.85. The van der Waals surface area contributed by atoms with Crippen LogP contribution in [0.5, 0.6) is 0 Å². The number of nitrogens with two attached hydrogens (primary N) is 1. The monoisotopic (exact) mass is 282 g/mol. The third kappa shape index (κ3) is 2.39. The smallest absolute Gasteiger partial charge is 0.242 e. The molecule has 1 fully saturated rings. The molecule has 6 nitrogen and oxygen atoms in total. The largest absolute Gasteiger partial charge is 0.377 e. The Labute approximate surface area is 121 Å². The zero-order chi connectivity index (χ0) is 14.8. The third-order valence-corrected chi connectivity index (χ3v) is 3.55. The molecule has 21 heavy (non-hydrogen) atoms. The summed E-state index contributed by atoms with van der Waals surface area (Å²) < 4.78 is 5.30. The molecule has 1 aromatic heterocycles. The number of rotatable bonds is 2. The van der Waals surface area contributed by atoms with Crippen LogP contribution in [0.1, 0.15) is 5.56 Å². The van der Waals surface area contributed by atoms with Gasteiger partial charge in [-0.25, -0.2) is 4.98 Å². The van der Waals surface area contributed by atoms with Crippen molar-refractivity contribution in [1.29, 1.82) is 5.26 Å². The minimum atomic E-state index is -0.598. The number of carbonyl (C=O) groups is 1. The van der Waals surface area contributed by atoms with Gasteiger partial charge in [0.15, 0.2) is 0 Å². The molecule has 0 radical (unpaired) electrons. The van der Waals surface area contributed by atoms with Crippen LogP contribution in [0.4, 0.5) is 5.82 Å². The molecule has 6 heteroatoms. The molecule has 0 saturated carbocycles. The molecule has 1 saturated heterocycles. The van der Waals surface area contributed by atoms with Crippen LogP contribution in [0.25, 0.3) is 10.9 Å². The van der Waals surface area contributed by atoms with E-state index < -0.39 is 11.9 Å². The van der Waals surface area contributed by atoms with Gasteiger partial charge in [-0.15, -0.1) is 0 Å². The fourth-order valence-electron chi connectivity index (χ4n) is 2.50. The van der Waals surface area contributed by atoms with E-state index >= 15 is 0 Å². The van der Waals surface area contributed by atoms with Gasteiger partial charge >= 0.3 is 0 Å². The van der Waals surface area contributed by atoms with Crippen molar-refractivity contribution in [1.82, 2.24) is 4.98 Å². The number of aromatic nitrogens is 1. The zero-order valence-corrected chi connectivity index (χ0v) is 11.3. The fourth-order valence-corrected chi connectivity index (χ4v) is 2.50. The Hall–Kier alpha value is -2.65. The second kappa shape index (κ2) is 5.38. The van der Waals surface area contributed by atoms with Crippen LogP contribution < -0.4 is 10.6 Å². The summed E-state index contributed by atoms with van der Waals surface area (Å²) in [6, 6.07) is 10.9. The molecule has 3 rings (SSSR count). The lowest BCUT2D eigenvalue weighted by molar-refractivity contribution is -0.121. The van der Waals surface area contributed by atoms with Crippen LogP contribution in [-0.2, 0) is 9.53 Å². The van der Waals surface area contributed by atoms with Crippen molar-refractivity contribution in [3.05, 3.63) is 35.9 Å². The highest BCUT2D eigenvalue weighted by Gasteiger charge is 2.30. The first-order valence-electron chi connectivity index (χ1n) is 6.64. The number of fused-ring (bicyclic) bond motifs is 1. The number of anilines is 1. The van der Waals surface area contributed by atoms with Gasteiger partial charge in [-0.1, -0.05) is 18.2 Å². The van der Waals surface area contributed by atoms with E-state index in [4.69, 9.17) is 10.5 Å². The molecule has 1 aromatic carbocycles. The molecule has 1 aliphatic heterocycles. The number of nitrogens with zero attached hydrogens (tertiary/aromatic N) is 3. The normalized spacial score (nSPS) is 18.4. The lowest BCUT2D eigenvalue weighted by atomic mass is 10.1. The Morgan fingerprint density at radius 1 is 1.48 bits per heavy atom. The Bertz CT molecular complexity index is 738. The molecular formula is C15H14N4O2. The molecule has 0 spiro atoms. The van der Waals surface area contributed by atoms with Gasteiger partial charge in [-0.2, -0.15) is 5.26 Å². The summed E-state index contributed by atoms with van der Waals surface area (Å²) in [6.07, 6.45) is 0. The summed E-state index contributed by atoms with van der Waals surface area (Å²) in [7, 11) is 0. The van der Waals surface area contributed by atoms with Gasteiger partial charge in [0.1, 0.15) is 17.9 Å². The first-order chi connectivity index (χ1) is 10.2. The number of para-hydroxylation sites is 1. The van der Waals surface area contributed by atoms with Crippen molar-refractivity contribution in [3.8, 4) is 6.07 Å². The number of primary amides is 1.